The van der Waals surface area contributed by atoms with Crippen molar-refractivity contribution in [2.24, 2.45) is 0 Å². The predicted molar refractivity (Wildman–Crippen MR) is 192 cm³/mol. The van der Waals surface area contributed by atoms with Crippen molar-refractivity contribution < 1.29 is 36.6 Å². The molecule has 1 amide bonds. The van der Waals surface area contributed by atoms with E-state index in [1.807, 2.05) is 13.0 Å². The van der Waals surface area contributed by atoms with Crippen LogP contribution < -0.4 is 15.4 Å². The maximum absolute atomic E-state index is 13.6. The van der Waals surface area contributed by atoms with Gasteiger partial charge < -0.3 is 19.3 Å². The van der Waals surface area contributed by atoms with Crippen LogP contribution in [0.15, 0.2) is 108 Å². The molecule has 258 valence electrons. The smallest absolute Gasteiger partial charge is 0.329 e. The zero-order valence-corrected chi connectivity index (χ0v) is 30.5. The zero-order valence-electron chi connectivity index (χ0n) is 27.3. The van der Waals surface area contributed by atoms with Crippen LogP contribution in [0.3, 0.4) is 0 Å². The third-order valence-corrected chi connectivity index (χ3v) is 11.5. The van der Waals surface area contributed by atoms with Crippen LogP contribution in [0.5, 0.6) is 5.75 Å². The Morgan fingerprint density at radius 3 is 2.18 bits per heavy atom. The third-order valence-electron chi connectivity index (χ3n) is 7.65. The van der Waals surface area contributed by atoms with Gasteiger partial charge >= 0.3 is 5.97 Å². The molecule has 0 bridgehead atoms. The number of hydrogen-bond acceptors (Lipinski definition) is 8. The van der Waals surface area contributed by atoms with Crippen LogP contribution in [0.4, 0.5) is 0 Å². The molecule has 13 heteroatoms. The molecule has 4 aromatic rings. The third kappa shape index (κ3) is 10.1. The Hall–Kier alpha value is -3.92. The molecule has 4 aromatic carbocycles. The summed E-state index contributed by atoms with van der Waals surface area (Å²) in [5.74, 6) is 0.233. The molecule has 0 fully saturated rings. The maximum atomic E-state index is 13.6. The normalized spacial score (nSPS) is 14.1. The second kappa shape index (κ2) is 16.7. The number of rotatable bonds is 14. The number of halogens is 2. The Bertz CT molecular complexity index is 1980. The Balaban J connectivity index is 1.57. The Kier molecular flexibility index (Phi) is 12.9. The number of amides is 1. The molecular weight excluding hydrogens is 708 g/mol. The van der Waals surface area contributed by atoms with E-state index in [9.17, 15) is 22.6 Å². The molecule has 0 saturated heterocycles. The fourth-order valence-corrected chi connectivity index (χ4v) is 7.83. The van der Waals surface area contributed by atoms with Crippen LogP contribution in [-0.4, -0.2) is 46.8 Å². The minimum Gasteiger partial charge on any atom is -0.497 e. The van der Waals surface area contributed by atoms with Gasteiger partial charge in [0.15, 0.2) is 9.84 Å². The highest BCUT2D eigenvalue weighted by atomic mass is 35.5. The maximum Gasteiger partial charge on any atom is 0.329 e. The summed E-state index contributed by atoms with van der Waals surface area (Å²) in [5.41, 5.74) is 1.80. The van der Waals surface area contributed by atoms with Gasteiger partial charge in [0.2, 0.25) is 0 Å². The highest BCUT2D eigenvalue weighted by Gasteiger charge is 2.27. The standard InChI is InChI=1S/C36H36Cl2NO8PS/c1-24(16-17-48(42,46-3)29-14-9-13-28(22-29)45-2)27-20-31(37)34(32(38)21-27)35(40)39-33(36(41)47-23-25-10-6-5-7-11-25)19-26-12-8-15-30(18-26)49(4,43)44/h5-18,20-22,24,33H,19,23H2,1-4H3,(H,39,40)/b17-16+/t24?,33-,48?/m0/s1. The number of allylic oxidation sites excluding steroid dienone is 1. The van der Waals surface area contributed by atoms with Gasteiger partial charge in [-0.1, -0.05) is 84.7 Å². The van der Waals surface area contributed by atoms with Crippen molar-refractivity contribution >= 4 is 57.6 Å². The fourth-order valence-electron chi connectivity index (χ4n) is 4.87. The molecule has 3 atom stereocenters. The van der Waals surface area contributed by atoms with E-state index >= 15 is 0 Å². The second-order valence-electron chi connectivity index (χ2n) is 11.2. The average molecular weight is 745 g/mol. The summed E-state index contributed by atoms with van der Waals surface area (Å²) in [4.78, 5) is 27.0. The fraction of sp³-hybridized carbons (Fsp3) is 0.222. The van der Waals surface area contributed by atoms with Crippen LogP contribution in [0.2, 0.25) is 10.0 Å². The van der Waals surface area contributed by atoms with Crippen LogP contribution in [0.1, 0.15) is 39.9 Å². The van der Waals surface area contributed by atoms with Gasteiger partial charge in [-0.2, -0.15) is 0 Å². The monoisotopic (exact) mass is 743 g/mol. The van der Waals surface area contributed by atoms with E-state index < -0.39 is 35.1 Å². The molecule has 0 spiro atoms. The van der Waals surface area contributed by atoms with E-state index in [2.05, 4.69) is 5.32 Å². The summed E-state index contributed by atoms with van der Waals surface area (Å²) >= 11 is 13.2. The van der Waals surface area contributed by atoms with Crippen molar-refractivity contribution in [3.8, 4) is 5.75 Å². The Morgan fingerprint density at radius 1 is 0.898 bits per heavy atom. The molecule has 2 unspecified atom stereocenters. The molecule has 0 aliphatic rings. The van der Waals surface area contributed by atoms with E-state index in [1.165, 1.54) is 32.2 Å². The van der Waals surface area contributed by atoms with Crippen molar-refractivity contribution in [2.75, 3.05) is 20.5 Å². The minimum atomic E-state index is -3.52. The van der Waals surface area contributed by atoms with E-state index in [0.717, 1.165) is 11.8 Å². The number of esters is 1. The highest BCUT2D eigenvalue weighted by Crippen LogP contribution is 2.48. The molecule has 1 N–H and O–H groups in total. The topological polar surface area (TPSA) is 125 Å². The lowest BCUT2D eigenvalue weighted by atomic mass is 9.99. The molecule has 0 aromatic heterocycles. The van der Waals surface area contributed by atoms with Crippen molar-refractivity contribution in [3.63, 3.8) is 0 Å². The Morgan fingerprint density at radius 2 is 1.55 bits per heavy atom. The number of benzene rings is 4. The predicted octanol–water partition coefficient (Wildman–Crippen LogP) is 7.36. The first-order valence-corrected chi connectivity index (χ1v) is 19.4. The summed E-state index contributed by atoms with van der Waals surface area (Å²) < 4.78 is 54.1. The molecule has 9 nitrogen and oxygen atoms in total. The molecule has 0 aliphatic carbocycles. The lowest BCUT2D eigenvalue weighted by molar-refractivity contribution is -0.147. The summed E-state index contributed by atoms with van der Waals surface area (Å²) in [6, 6.07) is 23.9. The molecule has 0 heterocycles. The first kappa shape index (κ1) is 37.9. The summed E-state index contributed by atoms with van der Waals surface area (Å²) in [7, 11) is -4.01. The first-order chi connectivity index (χ1) is 23.2. The zero-order chi connectivity index (χ0) is 35.8. The number of carbonyl (C=O) groups is 2. The van der Waals surface area contributed by atoms with E-state index in [0.29, 0.717) is 22.2 Å². The van der Waals surface area contributed by atoms with Gasteiger partial charge in [-0.25, -0.2) is 13.2 Å². The van der Waals surface area contributed by atoms with Gasteiger partial charge in [0.25, 0.3) is 13.3 Å². The lowest BCUT2D eigenvalue weighted by Crippen LogP contribution is -2.43. The number of carbonyl (C=O) groups excluding carboxylic acids is 2. The summed E-state index contributed by atoms with van der Waals surface area (Å²) in [6.45, 7) is 1.80. The van der Waals surface area contributed by atoms with Gasteiger partial charge in [0, 0.05) is 30.9 Å². The SMILES string of the molecule is COc1cccc(P(=O)(/C=C/C(C)c2cc(Cl)c(C(=O)N[C@@H](Cc3cccc(S(C)(=O)=O)c3)C(=O)OCc3ccccc3)c(Cl)c2)OC)c1. The number of methoxy groups -OCH3 is 1. The Labute approximate surface area is 296 Å². The van der Waals surface area contributed by atoms with E-state index in [4.69, 9.17) is 37.2 Å². The highest BCUT2D eigenvalue weighted by molar-refractivity contribution is 7.90. The van der Waals surface area contributed by atoms with Crippen LogP contribution in [-0.2, 0) is 41.5 Å². The average Bonchev–Trinajstić information content (AvgIpc) is 3.09. The molecule has 49 heavy (non-hydrogen) atoms. The van der Waals surface area contributed by atoms with Crippen molar-refractivity contribution in [2.45, 2.75) is 36.8 Å². The molecule has 0 radical (unpaired) electrons. The summed E-state index contributed by atoms with van der Waals surface area (Å²) in [5, 5.41) is 3.19. The van der Waals surface area contributed by atoms with Crippen molar-refractivity contribution in [3.05, 3.63) is 135 Å². The molecular formula is C36H36Cl2NO8PS. The quantitative estimate of drug-likeness (QED) is 0.105. The van der Waals surface area contributed by atoms with Crippen LogP contribution in [0, 0.1) is 0 Å². The summed E-state index contributed by atoms with van der Waals surface area (Å²) in [6.07, 6.45) is 2.72. The number of ether oxygens (including phenoxy) is 2. The number of hydrogen-bond donors (Lipinski definition) is 1. The number of sulfone groups is 1. The molecule has 0 saturated carbocycles. The van der Waals surface area contributed by atoms with Gasteiger partial charge in [0.05, 0.1) is 27.6 Å². The lowest BCUT2D eigenvalue weighted by Gasteiger charge is -2.20. The van der Waals surface area contributed by atoms with Gasteiger partial charge in [-0.05, 0) is 65.1 Å². The largest absolute Gasteiger partial charge is 0.497 e. The van der Waals surface area contributed by atoms with Gasteiger partial charge in [0.1, 0.15) is 18.4 Å². The van der Waals surface area contributed by atoms with Gasteiger partial charge in [-0.3, -0.25) is 9.36 Å². The first-order valence-electron chi connectivity index (χ1n) is 15.0. The van der Waals surface area contributed by atoms with Crippen molar-refractivity contribution in [1.82, 2.24) is 5.32 Å². The molecule has 0 aliphatic heterocycles. The van der Waals surface area contributed by atoms with E-state index in [-0.39, 0.29) is 39.4 Å². The minimum absolute atomic E-state index is 0.0263. The number of nitrogens with one attached hydrogen (secondary N) is 1. The molecule has 4 rings (SSSR count). The van der Waals surface area contributed by atoms with Crippen LogP contribution in [0.25, 0.3) is 0 Å². The van der Waals surface area contributed by atoms with E-state index in [1.54, 1.807) is 78.9 Å². The van der Waals surface area contributed by atoms with Crippen LogP contribution >= 0.6 is 30.6 Å². The van der Waals surface area contributed by atoms with Crippen molar-refractivity contribution in [1.29, 1.82) is 0 Å². The second-order valence-corrected chi connectivity index (χ2v) is 16.4. The van der Waals surface area contributed by atoms with Gasteiger partial charge in [-0.15, -0.1) is 0 Å².